The van der Waals surface area contributed by atoms with Crippen molar-refractivity contribution in [1.82, 2.24) is 30.7 Å². The quantitative estimate of drug-likeness (QED) is 0.320. The van der Waals surface area contributed by atoms with Crippen LogP contribution in [0.15, 0.2) is 24.3 Å². The first-order valence-corrected chi connectivity index (χ1v) is 18.7. The molecular weight excluding hydrogens is 641 g/mol. The van der Waals surface area contributed by atoms with Gasteiger partial charge in [-0.3, -0.25) is 19.2 Å². The number of ether oxygens (including phenoxy) is 1. The van der Waals surface area contributed by atoms with Crippen molar-refractivity contribution in [3.05, 3.63) is 45.4 Å². The zero-order valence-corrected chi connectivity index (χ0v) is 30.6. The third-order valence-corrected chi connectivity index (χ3v) is 11.0. The Morgan fingerprint density at radius 1 is 1.14 bits per heavy atom. The number of nitrogens with zero attached hydrogens (tertiary/aromatic N) is 3. The highest BCUT2D eigenvalue weighted by Crippen LogP contribution is 2.34. The molecular formula is C37H54N6O5S. The summed E-state index contributed by atoms with van der Waals surface area (Å²) in [5, 5.41) is 10.8. The Labute approximate surface area is 294 Å². The van der Waals surface area contributed by atoms with Crippen molar-refractivity contribution in [1.29, 1.82) is 0 Å². The molecule has 2 saturated heterocycles. The van der Waals surface area contributed by atoms with Crippen LogP contribution in [-0.4, -0.2) is 89.8 Å². The first-order chi connectivity index (χ1) is 23.4. The molecule has 0 unspecified atom stereocenters. The Balaban J connectivity index is 1.30. The maximum Gasteiger partial charge on any atom is 0.245 e. The number of carbonyl (C=O) groups excluding carboxylic acids is 4. The minimum absolute atomic E-state index is 0.00664. The average Bonchev–Trinajstić information content (AvgIpc) is 3.65. The third kappa shape index (κ3) is 10.3. The third-order valence-electron chi connectivity index (χ3n) is 9.81. The number of unbranched alkanes of at least 4 members (excludes halogenated alkanes) is 1. The van der Waals surface area contributed by atoms with E-state index in [4.69, 9.17) is 9.72 Å². The van der Waals surface area contributed by atoms with Crippen molar-refractivity contribution < 1.29 is 23.9 Å². The summed E-state index contributed by atoms with van der Waals surface area (Å²) in [4.78, 5) is 63.5. The van der Waals surface area contributed by atoms with Crippen molar-refractivity contribution >= 4 is 35.0 Å². The molecule has 1 aromatic heterocycles. The number of fused-ring (bicyclic) bond motifs is 7. The molecule has 6 rings (SSSR count). The summed E-state index contributed by atoms with van der Waals surface area (Å²) in [6.45, 7) is 11.0. The summed E-state index contributed by atoms with van der Waals surface area (Å²) in [6, 6.07) is 6.88. The highest BCUT2D eigenvalue weighted by Gasteiger charge is 2.42. The standard InChI is InChI=1S/C37H54N6O5S/c1-24-30-20-32(44)40-27(10-6-7-14-38-33(45)21-37(2,3)4)19-34(46)43-23-28(39-22-25-9-8-11-29(17-25)48-5)18-31(43)36(47)42-15-12-26(13-16-42)35(41-30)49-24/h8-9,11,17,26-28,31,39H,6-7,10,12-16,18-23H2,1-5H3,(H,38,45)(H,40,44)/t27-,28-,31-/m0/s1. The Bertz CT molecular complexity index is 1480. The van der Waals surface area contributed by atoms with Gasteiger partial charge in [0.15, 0.2) is 0 Å². The van der Waals surface area contributed by atoms with E-state index in [9.17, 15) is 19.2 Å². The van der Waals surface area contributed by atoms with Gasteiger partial charge in [-0.15, -0.1) is 11.3 Å². The maximum absolute atomic E-state index is 14.1. The van der Waals surface area contributed by atoms with E-state index in [2.05, 4.69) is 16.0 Å². The van der Waals surface area contributed by atoms with Crippen molar-refractivity contribution in [2.24, 2.45) is 5.41 Å². The molecule has 11 nitrogen and oxygen atoms in total. The van der Waals surface area contributed by atoms with Crippen LogP contribution in [-0.2, 0) is 32.1 Å². The number of thiazole rings is 1. The van der Waals surface area contributed by atoms with Gasteiger partial charge in [-0.1, -0.05) is 32.9 Å². The molecule has 4 aliphatic rings. The Kier molecular flexibility index (Phi) is 12.4. The van der Waals surface area contributed by atoms with E-state index in [1.165, 1.54) is 0 Å². The second-order valence-corrected chi connectivity index (χ2v) is 16.3. The van der Waals surface area contributed by atoms with Gasteiger partial charge in [0.05, 0.1) is 24.2 Å². The number of aromatic nitrogens is 1. The lowest BCUT2D eigenvalue weighted by Crippen LogP contribution is -2.51. The minimum atomic E-state index is -0.553. The molecule has 2 aromatic rings. The number of amides is 4. The van der Waals surface area contributed by atoms with E-state index >= 15 is 0 Å². The fraction of sp³-hybridized carbons (Fsp3) is 0.649. The van der Waals surface area contributed by atoms with Gasteiger partial charge >= 0.3 is 0 Å². The van der Waals surface area contributed by atoms with Gasteiger partial charge in [-0.05, 0) is 68.6 Å². The molecule has 3 N–H and O–H groups in total. The molecule has 4 aliphatic heterocycles. The molecule has 5 heterocycles. The normalized spacial score (nSPS) is 23.4. The molecule has 1 aromatic carbocycles. The van der Waals surface area contributed by atoms with Crippen LogP contribution in [0.3, 0.4) is 0 Å². The van der Waals surface area contributed by atoms with E-state index in [0.717, 1.165) is 52.6 Å². The largest absolute Gasteiger partial charge is 0.497 e. The molecule has 49 heavy (non-hydrogen) atoms. The summed E-state index contributed by atoms with van der Waals surface area (Å²) >= 11 is 1.65. The number of benzene rings is 1. The van der Waals surface area contributed by atoms with Gasteiger partial charge < -0.3 is 30.5 Å². The number of methoxy groups -OCH3 is 1. The monoisotopic (exact) mass is 694 g/mol. The molecule has 4 bridgehead atoms. The molecule has 0 radical (unpaired) electrons. The molecule has 268 valence electrons. The topological polar surface area (TPSA) is 133 Å². The SMILES string of the molecule is COc1cccc(CN[C@H]2C[C@H]3C(=O)N4CCC(CC4)c4nc(c(C)s4)CC(=O)N[C@@H](CCCCNC(=O)CC(C)(C)C)CC(=O)N3C2)c1. The van der Waals surface area contributed by atoms with Crippen molar-refractivity contribution in [3.8, 4) is 5.75 Å². The fourth-order valence-electron chi connectivity index (χ4n) is 7.16. The first-order valence-electron chi connectivity index (χ1n) is 17.9. The molecule has 4 amide bonds. The molecule has 0 saturated carbocycles. The number of rotatable bonds is 10. The number of hydrogen-bond donors (Lipinski definition) is 3. The van der Waals surface area contributed by atoms with Crippen molar-refractivity contribution in [3.63, 3.8) is 0 Å². The Morgan fingerprint density at radius 3 is 2.65 bits per heavy atom. The molecule has 3 atom stereocenters. The van der Waals surface area contributed by atoms with E-state index < -0.39 is 12.1 Å². The zero-order chi connectivity index (χ0) is 35.1. The van der Waals surface area contributed by atoms with Crippen LogP contribution >= 0.6 is 11.3 Å². The number of piperidine rings is 1. The van der Waals surface area contributed by atoms with E-state index in [0.29, 0.717) is 52.0 Å². The second kappa shape index (κ2) is 16.5. The predicted molar refractivity (Wildman–Crippen MR) is 190 cm³/mol. The summed E-state index contributed by atoms with van der Waals surface area (Å²) in [7, 11) is 1.65. The first kappa shape index (κ1) is 36.8. The smallest absolute Gasteiger partial charge is 0.245 e. The number of carbonyl (C=O) groups is 4. The molecule has 2 fully saturated rings. The zero-order valence-electron chi connectivity index (χ0n) is 29.8. The van der Waals surface area contributed by atoms with E-state index in [-0.39, 0.29) is 53.8 Å². The summed E-state index contributed by atoms with van der Waals surface area (Å²) < 4.78 is 5.38. The lowest BCUT2D eigenvalue weighted by Gasteiger charge is -2.35. The Hall–Kier alpha value is -3.51. The summed E-state index contributed by atoms with van der Waals surface area (Å²) in [5.74, 6) is 0.807. The van der Waals surface area contributed by atoms with Gasteiger partial charge in [-0.25, -0.2) is 4.98 Å². The number of aryl methyl sites for hydroxylation is 1. The van der Waals surface area contributed by atoms with Crippen LogP contribution in [0.2, 0.25) is 0 Å². The Morgan fingerprint density at radius 2 is 1.92 bits per heavy atom. The summed E-state index contributed by atoms with van der Waals surface area (Å²) in [5.41, 5.74) is 1.78. The molecule has 12 heteroatoms. The van der Waals surface area contributed by atoms with Crippen LogP contribution in [0.25, 0.3) is 0 Å². The lowest BCUT2D eigenvalue weighted by atomic mass is 9.92. The summed E-state index contributed by atoms with van der Waals surface area (Å²) in [6.07, 6.45) is 4.98. The lowest BCUT2D eigenvalue weighted by molar-refractivity contribution is -0.145. The number of hydrogen-bond acceptors (Lipinski definition) is 8. The van der Waals surface area contributed by atoms with Crippen LogP contribution in [0, 0.1) is 12.3 Å². The number of nitrogens with one attached hydrogen (secondary N) is 3. The van der Waals surface area contributed by atoms with Gasteiger partial charge in [0.1, 0.15) is 11.8 Å². The predicted octanol–water partition coefficient (Wildman–Crippen LogP) is 4.08. The van der Waals surface area contributed by atoms with E-state index in [1.807, 2.05) is 56.9 Å². The molecule has 0 spiro atoms. The fourth-order valence-corrected chi connectivity index (χ4v) is 8.26. The van der Waals surface area contributed by atoms with E-state index in [1.54, 1.807) is 23.3 Å². The highest BCUT2D eigenvalue weighted by molar-refractivity contribution is 7.11. The van der Waals surface area contributed by atoms with Gasteiger partial charge in [0, 0.05) is 68.4 Å². The van der Waals surface area contributed by atoms with Gasteiger partial charge in [-0.2, -0.15) is 0 Å². The average molecular weight is 695 g/mol. The minimum Gasteiger partial charge on any atom is -0.497 e. The van der Waals surface area contributed by atoms with Gasteiger partial charge in [0.25, 0.3) is 0 Å². The maximum atomic E-state index is 14.1. The molecule has 0 aliphatic carbocycles. The van der Waals surface area contributed by atoms with Crippen LogP contribution in [0.5, 0.6) is 5.75 Å². The highest BCUT2D eigenvalue weighted by atomic mass is 32.1. The van der Waals surface area contributed by atoms with Gasteiger partial charge in [0.2, 0.25) is 23.6 Å². The van der Waals surface area contributed by atoms with Crippen LogP contribution < -0.4 is 20.7 Å². The van der Waals surface area contributed by atoms with Crippen LogP contribution in [0.4, 0.5) is 0 Å². The van der Waals surface area contributed by atoms with Crippen molar-refractivity contribution in [2.45, 2.75) is 116 Å². The van der Waals surface area contributed by atoms with Crippen LogP contribution in [0.1, 0.15) is 99.2 Å². The second-order valence-electron chi connectivity index (χ2n) is 15.1. The van der Waals surface area contributed by atoms with Crippen molar-refractivity contribution in [2.75, 3.05) is 33.3 Å².